The van der Waals surface area contributed by atoms with Crippen molar-refractivity contribution in [3.05, 3.63) is 65.4 Å². The number of amides is 3. The SMILES string of the molecule is COc1ccc2ccn(C(=O)N3C[C@@H]4C[C@H]3CN4C(=O)[C@@H](NC(=O)c3cc4ccc(Cl)cc4[nH]3)C(C)(C)C)c2c1. The number of H-pyrrole nitrogens is 1. The summed E-state index contributed by atoms with van der Waals surface area (Å²) >= 11 is 6.09. The second kappa shape index (κ2) is 9.59. The van der Waals surface area contributed by atoms with Gasteiger partial charge in [-0.05, 0) is 48.2 Å². The Morgan fingerprint density at radius 2 is 1.73 bits per heavy atom. The number of nitrogens with zero attached hydrogens (tertiary/aromatic N) is 3. The van der Waals surface area contributed by atoms with Gasteiger partial charge in [0.1, 0.15) is 17.5 Å². The highest BCUT2D eigenvalue weighted by Crippen LogP contribution is 2.34. The van der Waals surface area contributed by atoms with E-state index in [0.717, 1.165) is 21.8 Å². The van der Waals surface area contributed by atoms with Crippen LogP contribution in [0.5, 0.6) is 5.75 Å². The standard InChI is InChI=1S/C30H32ClN5O4/c1-30(2,3)26(33-27(37)24-11-18-5-7-19(31)12-23(18)32-24)28(38)35-15-21-13-20(35)16-36(21)29(39)34-10-9-17-6-8-22(40-4)14-25(17)34/h5-12,14,20-21,26,32H,13,15-16H2,1-4H3,(H,33,37)/t20-,21-,26+/m0/s1. The van der Waals surface area contributed by atoms with Gasteiger partial charge >= 0.3 is 6.03 Å². The van der Waals surface area contributed by atoms with Crippen LogP contribution < -0.4 is 10.1 Å². The molecule has 10 heteroatoms. The van der Waals surface area contributed by atoms with Crippen LogP contribution in [0.25, 0.3) is 21.8 Å². The predicted octanol–water partition coefficient (Wildman–Crippen LogP) is 4.88. The molecule has 40 heavy (non-hydrogen) atoms. The molecule has 3 amide bonds. The Morgan fingerprint density at radius 1 is 1.00 bits per heavy atom. The molecule has 2 aromatic heterocycles. The van der Waals surface area contributed by atoms with Crippen LogP contribution in [0.15, 0.2) is 54.7 Å². The molecule has 2 fully saturated rings. The molecule has 208 valence electrons. The number of hydrogen-bond acceptors (Lipinski definition) is 4. The van der Waals surface area contributed by atoms with E-state index < -0.39 is 11.5 Å². The number of likely N-dealkylation sites (tertiary alicyclic amines) is 2. The van der Waals surface area contributed by atoms with Gasteiger partial charge in [-0.25, -0.2) is 4.79 Å². The first-order valence-corrected chi connectivity index (χ1v) is 13.8. The third kappa shape index (κ3) is 4.48. The van der Waals surface area contributed by atoms with Crippen LogP contribution in [0.3, 0.4) is 0 Å². The summed E-state index contributed by atoms with van der Waals surface area (Å²) in [4.78, 5) is 47.5. The number of fused-ring (bicyclic) bond motifs is 4. The number of rotatable bonds is 4. The van der Waals surface area contributed by atoms with Crippen LogP contribution in [0.2, 0.25) is 5.02 Å². The molecule has 2 aliphatic rings. The number of hydrogen-bond donors (Lipinski definition) is 2. The van der Waals surface area contributed by atoms with Gasteiger partial charge in [-0.2, -0.15) is 0 Å². The first-order chi connectivity index (χ1) is 19.0. The maximum Gasteiger partial charge on any atom is 0.329 e. The first kappa shape index (κ1) is 26.3. The van der Waals surface area contributed by atoms with Crippen LogP contribution in [-0.2, 0) is 4.79 Å². The number of benzene rings is 2. The van der Waals surface area contributed by atoms with E-state index in [-0.39, 0.29) is 29.9 Å². The molecule has 2 saturated heterocycles. The molecule has 4 heterocycles. The molecule has 2 N–H and O–H groups in total. The summed E-state index contributed by atoms with van der Waals surface area (Å²) in [5.41, 5.74) is 1.39. The summed E-state index contributed by atoms with van der Waals surface area (Å²) in [5, 5.41) is 5.38. The van der Waals surface area contributed by atoms with Gasteiger partial charge in [-0.3, -0.25) is 14.2 Å². The fourth-order valence-corrected chi connectivity index (χ4v) is 6.13. The second-order valence-electron chi connectivity index (χ2n) is 11.8. The lowest BCUT2D eigenvalue weighted by atomic mass is 9.85. The first-order valence-electron chi connectivity index (χ1n) is 13.4. The molecule has 0 aliphatic carbocycles. The topological polar surface area (TPSA) is 99.7 Å². The van der Waals surface area contributed by atoms with Crippen molar-refractivity contribution in [2.75, 3.05) is 20.2 Å². The number of carbonyl (C=O) groups is 3. The minimum Gasteiger partial charge on any atom is -0.497 e. The van der Waals surface area contributed by atoms with E-state index >= 15 is 0 Å². The smallest absolute Gasteiger partial charge is 0.329 e. The molecule has 3 atom stereocenters. The maximum absolute atomic E-state index is 13.9. The lowest BCUT2D eigenvalue weighted by Crippen LogP contribution is -2.59. The van der Waals surface area contributed by atoms with Crippen LogP contribution >= 0.6 is 11.6 Å². The molecule has 0 unspecified atom stereocenters. The normalized spacial score (nSPS) is 19.4. The minimum absolute atomic E-state index is 0.0840. The Morgan fingerprint density at radius 3 is 2.42 bits per heavy atom. The average Bonchev–Trinajstić information content (AvgIpc) is 3.71. The molecular weight excluding hydrogens is 530 g/mol. The zero-order chi connectivity index (χ0) is 28.3. The van der Waals surface area contributed by atoms with Crippen LogP contribution in [-0.4, -0.2) is 75.5 Å². The fourth-order valence-electron chi connectivity index (χ4n) is 5.96. The number of piperazine rings is 1. The molecule has 4 aromatic rings. The van der Waals surface area contributed by atoms with Gasteiger partial charge in [-0.1, -0.05) is 38.4 Å². The summed E-state index contributed by atoms with van der Waals surface area (Å²) in [6.45, 7) is 6.71. The number of halogens is 1. The minimum atomic E-state index is -0.737. The number of nitrogens with one attached hydrogen (secondary N) is 2. The Bertz CT molecular complexity index is 1650. The zero-order valence-electron chi connectivity index (χ0n) is 22.9. The lowest BCUT2D eigenvalue weighted by molar-refractivity contribution is -0.138. The van der Waals surface area contributed by atoms with Crippen molar-refractivity contribution in [2.45, 2.75) is 45.3 Å². The highest BCUT2D eigenvalue weighted by molar-refractivity contribution is 6.31. The monoisotopic (exact) mass is 561 g/mol. The van der Waals surface area contributed by atoms with Gasteiger partial charge in [0.05, 0.1) is 24.7 Å². The molecule has 2 bridgehead atoms. The molecule has 0 spiro atoms. The van der Waals surface area contributed by atoms with Crippen LogP contribution in [0, 0.1) is 5.41 Å². The summed E-state index contributed by atoms with van der Waals surface area (Å²) < 4.78 is 7.00. The molecule has 6 rings (SSSR count). The van der Waals surface area contributed by atoms with E-state index in [2.05, 4.69) is 10.3 Å². The predicted molar refractivity (Wildman–Crippen MR) is 154 cm³/mol. The van der Waals surface area contributed by atoms with Gasteiger partial charge in [0, 0.05) is 46.7 Å². The summed E-state index contributed by atoms with van der Waals surface area (Å²) in [6, 6.07) is 13.7. The van der Waals surface area contributed by atoms with Gasteiger partial charge in [0.25, 0.3) is 5.91 Å². The van der Waals surface area contributed by atoms with E-state index in [0.29, 0.717) is 36.0 Å². The third-order valence-electron chi connectivity index (χ3n) is 8.09. The van der Waals surface area contributed by atoms with Gasteiger partial charge < -0.3 is 24.8 Å². The summed E-state index contributed by atoms with van der Waals surface area (Å²) in [7, 11) is 1.60. The Labute approximate surface area is 237 Å². The van der Waals surface area contributed by atoms with E-state index in [4.69, 9.17) is 16.3 Å². The van der Waals surface area contributed by atoms with Crippen LogP contribution in [0.1, 0.15) is 37.7 Å². The molecule has 0 saturated carbocycles. The highest BCUT2D eigenvalue weighted by atomic mass is 35.5. The van der Waals surface area contributed by atoms with E-state index in [1.807, 2.05) is 60.9 Å². The van der Waals surface area contributed by atoms with E-state index in [1.54, 1.807) is 36.1 Å². The van der Waals surface area contributed by atoms with E-state index in [9.17, 15) is 14.4 Å². The third-order valence-corrected chi connectivity index (χ3v) is 8.33. The van der Waals surface area contributed by atoms with Crippen molar-refractivity contribution < 1.29 is 19.1 Å². The number of methoxy groups -OCH3 is 1. The number of carbonyl (C=O) groups excluding carboxylic acids is 3. The summed E-state index contributed by atoms with van der Waals surface area (Å²) in [5.74, 6) is 0.207. The Hall–Kier alpha value is -3.98. The van der Waals surface area contributed by atoms with E-state index in [1.165, 1.54) is 0 Å². The highest BCUT2D eigenvalue weighted by Gasteiger charge is 2.50. The lowest BCUT2D eigenvalue weighted by Gasteiger charge is -2.39. The molecule has 2 aliphatic heterocycles. The molecule has 9 nitrogen and oxygen atoms in total. The van der Waals surface area contributed by atoms with Crippen molar-refractivity contribution in [2.24, 2.45) is 5.41 Å². The quantitative estimate of drug-likeness (QED) is 0.371. The van der Waals surface area contributed by atoms with Crippen molar-refractivity contribution in [3.63, 3.8) is 0 Å². The molecule has 2 aromatic carbocycles. The van der Waals surface area contributed by atoms with Gasteiger partial charge in [0.2, 0.25) is 5.91 Å². The average molecular weight is 562 g/mol. The van der Waals surface area contributed by atoms with Gasteiger partial charge in [-0.15, -0.1) is 0 Å². The van der Waals surface area contributed by atoms with Crippen molar-refractivity contribution in [1.29, 1.82) is 0 Å². The van der Waals surface area contributed by atoms with Gasteiger partial charge in [0.15, 0.2) is 0 Å². The fraction of sp³-hybridized carbons (Fsp3) is 0.367. The molecule has 0 radical (unpaired) electrons. The van der Waals surface area contributed by atoms with Crippen molar-refractivity contribution in [1.82, 2.24) is 24.7 Å². The number of aromatic nitrogens is 2. The maximum atomic E-state index is 13.9. The summed E-state index contributed by atoms with van der Waals surface area (Å²) in [6.07, 6.45) is 2.50. The second-order valence-corrected chi connectivity index (χ2v) is 12.2. The van der Waals surface area contributed by atoms with Crippen molar-refractivity contribution >= 4 is 51.3 Å². The number of aromatic amines is 1. The Kier molecular flexibility index (Phi) is 6.29. The largest absolute Gasteiger partial charge is 0.497 e. The molecular formula is C30H32ClN5O4. The Balaban J connectivity index is 1.17. The van der Waals surface area contributed by atoms with Crippen LogP contribution in [0.4, 0.5) is 4.79 Å². The number of ether oxygens (including phenoxy) is 1. The zero-order valence-corrected chi connectivity index (χ0v) is 23.7. The van der Waals surface area contributed by atoms with Crippen molar-refractivity contribution in [3.8, 4) is 5.75 Å².